The first-order valence-corrected chi connectivity index (χ1v) is 4.46. The maximum Gasteiger partial charge on any atom is 0.244 e. The first-order chi connectivity index (χ1) is 6.32. The Hall–Kier alpha value is -1.10. The van der Waals surface area contributed by atoms with Gasteiger partial charge in [-0.05, 0) is 0 Å². The first-order valence-electron chi connectivity index (χ1n) is 4.46. The van der Waals surface area contributed by atoms with Crippen LogP contribution in [-0.2, 0) is 9.59 Å². The Morgan fingerprint density at radius 2 is 1.86 bits per heavy atom. The summed E-state index contributed by atoms with van der Waals surface area (Å²) < 4.78 is 0. The molecule has 0 rings (SSSR count). The average molecular weight is 202 g/mol. The van der Waals surface area contributed by atoms with Gasteiger partial charge in [-0.25, -0.2) is 0 Å². The maximum atomic E-state index is 11.5. The quantitative estimate of drug-likeness (QED) is 0.564. The van der Waals surface area contributed by atoms with E-state index in [1.807, 2.05) is 0 Å². The van der Waals surface area contributed by atoms with Gasteiger partial charge in [0.1, 0.15) is 6.04 Å². The summed E-state index contributed by atoms with van der Waals surface area (Å²) in [7, 11) is 1.45. The molecular formula is C9H18N2O3. The van der Waals surface area contributed by atoms with E-state index in [0.717, 1.165) is 0 Å². The lowest BCUT2D eigenvalue weighted by Crippen LogP contribution is -2.50. The lowest BCUT2D eigenvalue weighted by Gasteiger charge is -2.21. The van der Waals surface area contributed by atoms with Gasteiger partial charge in [-0.2, -0.15) is 0 Å². The summed E-state index contributed by atoms with van der Waals surface area (Å²) >= 11 is 0. The molecule has 0 spiro atoms. The molecule has 3 N–H and O–H groups in total. The van der Waals surface area contributed by atoms with E-state index in [1.165, 1.54) is 7.05 Å². The van der Waals surface area contributed by atoms with Crippen LogP contribution in [0.15, 0.2) is 0 Å². The van der Waals surface area contributed by atoms with Crippen molar-refractivity contribution in [2.24, 2.45) is 5.41 Å². The Labute approximate surface area is 83.9 Å². The van der Waals surface area contributed by atoms with Gasteiger partial charge in [-0.1, -0.05) is 20.8 Å². The standard InChI is InChI=1S/C9H18N2O3/c1-9(2,3)8(14)11-6(5-12)7(13)10-4/h6,12H,5H2,1-4H3,(H,10,13)(H,11,14). The minimum Gasteiger partial charge on any atom is -0.394 e. The van der Waals surface area contributed by atoms with Crippen molar-refractivity contribution in [1.82, 2.24) is 10.6 Å². The van der Waals surface area contributed by atoms with Gasteiger partial charge in [0.2, 0.25) is 11.8 Å². The first kappa shape index (κ1) is 12.9. The number of rotatable bonds is 3. The summed E-state index contributed by atoms with van der Waals surface area (Å²) in [6.07, 6.45) is 0. The van der Waals surface area contributed by atoms with Crippen LogP contribution in [0.3, 0.4) is 0 Å². The number of likely N-dealkylation sites (N-methyl/N-ethyl adjacent to an activating group) is 1. The molecule has 0 bridgehead atoms. The van der Waals surface area contributed by atoms with Crippen LogP contribution in [0.2, 0.25) is 0 Å². The number of carbonyl (C=O) groups is 2. The highest BCUT2D eigenvalue weighted by Crippen LogP contribution is 2.12. The van der Waals surface area contributed by atoms with Crippen molar-refractivity contribution >= 4 is 11.8 Å². The summed E-state index contributed by atoms with van der Waals surface area (Å²) in [4.78, 5) is 22.6. The maximum absolute atomic E-state index is 11.5. The Morgan fingerprint density at radius 3 is 2.14 bits per heavy atom. The average Bonchev–Trinajstić information content (AvgIpc) is 2.10. The number of hydrogen-bond donors (Lipinski definition) is 3. The molecule has 14 heavy (non-hydrogen) atoms. The number of aliphatic hydroxyl groups is 1. The molecule has 1 unspecified atom stereocenters. The predicted molar refractivity (Wildman–Crippen MR) is 52.5 cm³/mol. The molecule has 0 fully saturated rings. The van der Waals surface area contributed by atoms with Crippen LogP contribution in [0.25, 0.3) is 0 Å². The third-order valence-electron chi connectivity index (χ3n) is 1.73. The molecule has 0 aromatic carbocycles. The lowest BCUT2D eigenvalue weighted by atomic mass is 9.95. The van der Waals surface area contributed by atoms with Crippen LogP contribution in [-0.4, -0.2) is 36.6 Å². The van der Waals surface area contributed by atoms with Crippen molar-refractivity contribution in [3.05, 3.63) is 0 Å². The van der Waals surface area contributed by atoms with Crippen molar-refractivity contribution in [1.29, 1.82) is 0 Å². The van der Waals surface area contributed by atoms with Gasteiger partial charge in [0.05, 0.1) is 6.61 Å². The third-order valence-corrected chi connectivity index (χ3v) is 1.73. The van der Waals surface area contributed by atoms with Gasteiger partial charge in [-0.15, -0.1) is 0 Å². The highest BCUT2D eigenvalue weighted by atomic mass is 16.3. The van der Waals surface area contributed by atoms with Gasteiger partial charge >= 0.3 is 0 Å². The topological polar surface area (TPSA) is 78.4 Å². The van der Waals surface area contributed by atoms with Crippen molar-refractivity contribution in [2.45, 2.75) is 26.8 Å². The van der Waals surface area contributed by atoms with Gasteiger partial charge in [0, 0.05) is 12.5 Å². The van der Waals surface area contributed by atoms with Gasteiger partial charge < -0.3 is 15.7 Å². The van der Waals surface area contributed by atoms with Crippen molar-refractivity contribution in [3.8, 4) is 0 Å². The molecule has 5 heteroatoms. The predicted octanol–water partition coefficient (Wildman–Crippen LogP) is -0.744. The number of hydrogen-bond acceptors (Lipinski definition) is 3. The van der Waals surface area contributed by atoms with Crippen LogP contribution in [0, 0.1) is 5.41 Å². The van der Waals surface area contributed by atoms with Crippen LogP contribution in [0.1, 0.15) is 20.8 Å². The molecule has 0 heterocycles. The second kappa shape index (κ2) is 4.95. The Kier molecular flexibility index (Phi) is 4.56. The van der Waals surface area contributed by atoms with Crippen LogP contribution >= 0.6 is 0 Å². The fraction of sp³-hybridized carbons (Fsp3) is 0.778. The minimum atomic E-state index is -0.869. The Morgan fingerprint density at radius 1 is 1.36 bits per heavy atom. The SMILES string of the molecule is CNC(=O)C(CO)NC(=O)C(C)(C)C. The molecule has 1 atom stereocenters. The van der Waals surface area contributed by atoms with Crippen molar-refractivity contribution < 1.29 is 14.7 Å². The monoisotopic (exact) mass is 202 g/mol. The molecule has 0 radical (unpaired) electrons. The van der Waals surface area contributed by atoms with E-state index >= 15 is 0 Å². The second-order valence-corrected chi connectivity index (χ2v) is 4.07. The highest BCUT2D eigenvalue weighted by Gasteiger charge is 2.26. The molecule has 0 aliphatic carbocycles. The summed E-state index contributed by atoms with van der Waals surface area (Å²) in [5.41, 5.74) is -0.568. The molecule has 0 aliphatic heterocycles. The number of amides is 2. The fourth-order valence-corrected chi connectivity index (χ4v) is 0.743. The summed E-state index contributed by atoms with van der Waals surface area (Å²) in [6, 6.07) is -0.869. The molecule has 0 aromatic rings. The van der Waals surface area contributed by atoms with Crippen LogP contribution in [0.4, 0.5) is 0 Å². The van der Waals surface area contributed by atoms with E-state index in [0.29, 0.717) is 0 Å². The van der Waals surface area contributed by atoms with E-state index in [4.69, 9.17) is 5.11 Å². The number of nitrogens with one attached hydrogen (secondary N) is 2. The van der Waals surface area contributed by atoms with E-state index in [1.54, 1.807) is 20.8 Å². The van der Waals surface area contributed by atoms with Crippen molar-refractivity contribution in [3.63, 3.8) is 0 Å². The molecule has 82 valence electrons. The number of carbonyl (C=O) groups excluding carboxylic acids is 2. The molecule has 5 nitrogen and oxygen atoms in total. The zero-order valence-corrected chi connectivity index (χ0v) is 9.05. The molecule has 0 aromatic heterocycles. The van der Waals surface area contributed by atoms with Gasteiger partial charge in [0.15, 0.2) is 0 Å². The summed E-state index contributed by atoms with van der Waals surface area (Å²) in [6.45, 7) is 4.81. The highest BCUT2D eigenvalue weighted by molar-refractivity contribution is 5.89. The molecular weight excluding hydrogens is 184 g/mol. The third kappa shape index (κ3) is 3.74. The Balaban J connectivity index is 4.34. The minimum absolute atomic E-state index is 0.264. The molecule has 0 aliphatic rings. The fourth-order valence-electron chi connectivity index (χ4n) is 0.743. The molecule has 0 saturated carbocycles. The summed E-state index contributed by atoms with van der Waals surface area (Å²) in [5.74, 6) is -0.662. The van der Waals surface area contributed by atoms with Crippen LogP contribution in [0.5, 0.6) is 0 Å². The van der Waals surface area contributed by atoms with E-state index in [2.05, 4.69) is 10.6 Å². The second-order valence-electron chi connectivity index (χ2n) is 4.07. The Bertz CT molecular complexity index is 221. The smallest absolute Gasteiger partial charge is 0.244 e. The normalized spacial score (nSPS) is 13.2. The molecule has 0 saturated heterocycles. The van der Waals surface area contributed by atoms with Gasteiger partial charge in [-0.3, -0.25) is 9.59 Å². The van der Waals surface area contributed by atoms with Gasteiger partial charge in [0.25, 0.3) is 0 Å². The van der Waals surface area contributed by atoms with E-state index < -0.39 is 24.0 Å². The lowest BCUT2D eigenvalue weighted by molar-refractivity contribution is -0.134. The van der Waals surface area contributed by atoms with Crippen molar-refractivity contribution in [2.75, 3.05) is 13.7 Å². The molecule has 2 amide bonds. The van der Waals surface area contributed by atoms with E-state index in [9.17, 15) is 9.59 Å². The zero-order valence-electron chi connectivity index (χ0n) is 9.05. The summed E-state index contributed by atoms with van der Waals surface area (Å²) in [5, 5.41) is 13.7. The number of aliphatic hydroxyl groups excluding tert-OH is 1. The van der Waals surface area contributed by atoms with E-state index in [-0.39, 0.29) is 5.91 Å². The largest absolute Gasteiger partial charge is 0.394 e. The zero-order chi connectivity index (χ0) is 11.4. The van der Waals surface area contributed by atoms with Crippen LogP contribution < -0.4 is 10.6 Å².